The van der Waals surface area contributed by atoms with Crippen molar-refractivity contribution in [3.05, 3.63) is 59.7 Å². The molecule has 0 saturated carbocycles. The molecule has 170 valence electrons. The van der Waals surface area contributed by atoms with Crippen LogP contribution in [0.15, 0.2) is 48.5 Å². The Morgan fingerprint density at radius 2 is 1.47 bits per heavy atom. The number of hydrazine groups is 1. The predicted octanol–water partition coefficient (Wildman–Crippen LogP) is 2.26. The van der Waals surface area contributed by atoms with Gasteiger partial charge in [-0.3, -0.25) is 30.6 Å². The van der Waals surface area contributed by atoms with Gasteiger partial charge >= 0.3 is 0 Å². The van der Waals surface area contributed by atoms with Gasteiger partial charge in [-0.25, -0.2) is 0 Å². The largest absolute Gasteiger partial charge is 0.491 e. The average molecular weight is 459 g/mol. The van der Waals surface area contributed by atoms with Gasteiger partial charge in [0.25, 0.3) is 11.8 Å². The summed E-state index contributed by atoms with van der Waals surface area (Å²) in [6.45, 7) is 4.45. The molecule has 3 amide bonds. The summed E-state index contributed by atoms with van der Waals surface area (Å²) in [5.41, 5.74) is 6.20. The first-order chi connectivity index (χ1) is 15.3. The highest BCUT2D eigenvalue weighted by atomic mass is 32.1. The molecule has 0 spiro atoms. The van der Waals surface area contributed by atoms with E-state index in [2.05, 4.69) is 21.5 Å². The summed E-state index contributed by atoms with van der Waals surface area (Å²) < 4.78 is 10.4. The maximum absolute atomic E-state index is 12.3. The summed E-state index contributed by atoms with van der Waals surface area (Å²) in [6.07, 6.45) is 0. The zero-order valence-corrected chi connectivity index (χ0v) is 18.9. The van der Waals surface area contributed by atoms with E-state index in [1.807, 2.05) is 0 Å². The van der Waals surface area contributed by atoms with Crippen LogP contribution in [-0.2, 0) is 9.53 Å². The second kappa shape index (κ2) is 12.4. The first kappa shape index (κ1) is 24.8. The van der Waals surface area contributed by atoms with Crippen LogP contribution in [0.4, 0.5) is 5.69 Å². The zero-order valence-electron chi connectivity index (χ0n) is 18.1. The lowest BCUT2D eigenvalue weighted by Crippen LogP contribution is -2.48. The molecule has 0 atom stereocenters. The molecule has 0 bridgehead atoms. The van der Waals surface area contributed by atoms with E-state index in [1.54, 1.807) is 69.5 Å². The lowest BCUT2D eigenvalue weighted by molar-refractivity contribution is -0.118. The fourth-order valence-corrected chi connectivity index (χ4v) is 2.47. The number of rotatable bonds is 8. The molecule has 0 fully saturated rings. The van der Waals surface area contributed by atoms with E-state index in [0.29, 0.717) is 35.8 Å². The Kier molecular flexibility index (Phi) is 9.58. The van der Waals surface area contributed by atoms with Gasteiger partial charge in [0.15, 0.2) is 5.11 Å². The molecule has 10 heteroatoms. The standard InChI is InChI=1S/C22H26N4O5S/c1-14(2)19(27)23-17-8-4-16(5-9-17)21(29)25-26-22(32)24-20(28)15-6-10-18(11-7-15)31-13-12-30-3/h4-11,14H,12-13H2,1-3H3,(H,23,27)(H,25,29)(H2,24,26,28,32). The number of carbonyl (C=O) groups excluding carboxylic acids is 3. The topological polar surface area (TPSA) is 118 Å². The third-order valence-electron chi connectivity index (χ3n) is 4.13. The van der Waals surface area contributed by atoms with E-state index in [0.717, 1.165) is 0 Å². The van der Waals surface area contributed by atoms with Crippen molar-refractivity contribution in [3.8, 4) is 5.75 Å². The summed E-state index contributed by atoms with van der Waals surface area (Å²) in [4.78, 5) is 36.2. The highest BCUT2D eigenvalue weighted by Crippen LogP contribution is 2.12. The Morgan fingerprint density at radius 1 is 0.875 bits per heavy atom. The van der Waals surface area contributed by atoms with Gasteiger partial charge < -0.3 is 14.8 Å². The first-order valence-electron chi connectivity index (χ1n) is 9.84. The number of amides is 3. The number of ether oxygens (including phenoxy) is 2. The molecule has 0 aliphatic carbocycles. The molecule has 0 unspecified atom stereocenters. The number of thiocarbonyl (C=S) groups is 1. The maximum Gasteiger partial charge on any atom is 0.269 e. The number of hydrogen-bond acceptors (Lipinski definition) is 6. The van der Waals surface area contributed by atoms with Crippen molar-refractivity contribution < 1.29 is 23.9 Å². The summed E-state index contributed by atoms with van der Waals surface area (Å²) in [5, 5.41) is 5.15. The van der Waals surface area contributed by atoms with Crippen molar-refractivity contribution in [2.24, 2.45) is 5.92 Å². The summed E-state index contributed by atoms with van der Waals surface area (Å²) in [6, 6.07) is 12.9. The van der Waals surface area contributed by atoms with Crippen molar-refractivity contribution in [3.63, 3.8) is 0 Å². The molecule has 2 rings (SSSR count). The molecule has 2 aromatic carbocycles. The Morgan fingerprint density at radius 3 is 2.06 bits per heavy atom. The molecule has 0 aromatic heterocycles. The highest BCUT2D eigenvalue weighted by molar-refractivity contribution is 7.80. The first-order valence-corrected chi connectivity index (χ1v) is 10.3. The van der Waals surface area contributed by atoms with E-state index in [1.165, 1.54) is 0 Å². The third kappa shape index (κ3) is 7.97. The molecule has 0 heterocycles. The fraction of sp³-hybridized carbons (Fsp3) is 0.273. The van der Waals surface area contributed by atoms with Gasteiger partial charge in [-0.05, 0) is 60.7 Å². The minimum atomic E-state index is -0.458. The van der Waals surface area contributed by atoms with Crippen LogP contribution in [0.2, 0.25) is 0 Å². The van der Waals surface area contributed by atoms with Crippen molar-refractivity contribution in [1.29, 1.82) is 0 Å². The Hall–Kier alpha value is -3.50. The molecule has 0 aliphatic rings. The molecule has 2 aromatic rings. The van der Waals surface area contributed by atoms with Gasteiger partial charge in [0.1, 0.15) is 12.4 Å². The van der Waals surface area contributed by atoms with E-state index in [9.17, 15) is 14.4 Å². The smallest absolute Gasteiger partial charge is 0.269 e. The quantitative estimate of drug-likeness (QED) is 0.272. The molecule has 32 heavy (non-hydrogen) atoms. The lowest BCUT2D eigenvalue weighted by atomic mass is 10.1. The Bertz CT molecular complexity index is 946. The molecular formula is C22H26N4O5S. The van der Waals surface area contributed by atoms with Crippen LogP contribution in [0.25, 0.3) is 0 Å². The minimum Gasteiger partial charge on any atom is -0.491 e. The number of carbonyl (C=O) groups is 3. The summed E-state index contributed by atoms with van der Waals surface area (Å²) in [5.74, 6) is -0.545. The lowest BCUT2D eigenvalue weighted by Gasteiger charge is -2.12. The highest BCUT2D eigenvalue weighted by Gasteiger charge is 2.11. The summed E-state index contributed by atoms with van der Waals surface area (Å²) in [7, 11) is 1.58. The van der Waals surface area contributed by atoms with E-state index >= 15 is 0 Å². The monoisotopic (exact) mass is 458 g/mol. The molecule has 9 nitrogen and oxygen atoms in total. The van der Waals surface area contributed by atoms with E-state index in [4.69, 9.17) is 21.7 Å². The Balaban J connectivity index is 1.80. The van der Waals surface area contributed by atoms with Gasteiger partial charge in [0, 0.05) is 29.8 Å². The number of methoxy groups -OCH3 is 1. The molecular weight excluding hydrogens is 432 g/mol. The second-order valence-corrected chi connectivity index (χ2v) is 7.36. The Labute approximate surface area is 191 Å². The van der Waals surface area contributed by atoms with Crippen LogP contribution >= 0.6 is 12.2 Å². The zero-order chi connectivity index (χ0) is 23.5. The van der Waals surface area contributed by atoms with Crippen molar-refractivity contribution in [2.75, 3.05) is 25.6 Å². The molecule has 0 radical (unpaired) electrons. The van der Waals surface area contributed by atoms with Crippen LogP contribution in [0.3, 0.4) is 0 Å². The fourth-order valence-electron chi connectivity index (χ4n) is 2.33. The number of benzene rings is 2. The van der Waals surface area contributed by atoms with Crippen molar-refractivity contribution >= 4 is 40.7 Å². The minimum absolute atomic E-state index is 0.0652. The third-order valence-corrected chi connectivity index (χ3v) is 4.33. The van der Waals surface area contributed by atoms with Crippen molar-refractivity contribution in [1.82, 2.24) is 16.2 Å². The van der Waals surface area contributed by atoms with Gasteiger partial charge in [0.05, 0.1) is 6.61 Å². The van der Waals surface area contributed by atoms with Gasteiger partial charge in [-0.1, -0.05) is 13.8 Å². The predicted molar refractivity (Wildman–Crippen MR) is 124 cm³/mol. The van der Waals surface area contributed by atoms with Crippen LogP contribution < -0.4 is 26.2 Å². The van der Waals surface area contributed by atoms with E-state index < -0.39 is 11.8 Å². The SMILES string of the molecule is COCCOc1ccc(C(=O)NC(=S)NNC(=O)c2ccc(NC(=O)C(C)C)cc2)cc1. The van der Waals surface area contributed by atoms with Crippen molar-refractivity contribution in [2.45, 2.75) is 13.8 Å². The normalized spacial score (nSPS) is 10.2. The summed E-state index contributed by atoms with van der Waals surface area (Å²) >= 11 is 5.04. The number of hydrogen-bond donors (Lipinski definition) is 4. The van der Waals surface area contributed by atoms with Crippen LogP contribution in [0, 0.1) is 5.92 Å². The van der Waals surface area contributed by atoms with Crippen LogP contribution in [-0.4, -0.2) is 43.2 Å². The van der Waals surface area contributed by atoms with Crippen LogP contribution in [0.1, 0.15) is 34.6 Å². The van der Waals surface area contributed by atoms with E-state index in [-0.39, 0.29) is 16.9 Å². The van der Waals surface area contributed by atoms with Gasteiger partial charge in [0.2, 0.25) is 5.91 Å². The van der Waals surface area contributed by atoms with Gasteiger partial charge in [-0.2, -0.15) is 0 Å². The molecule has 0 saturated heterocycles. The number of nitrogens with one attached hydrogen (secondary N) is 4. The molecule has 4 N–H and O–H groups in total. The second-order valence-electron chi connectivity index (χ2n) is 6.95. The van der Waals surface area contributed by atoms with Gasteiger partial charge in [-0.15, -0.1) is 0 Å². The maximum atomic E-state index is 12.3. The average Bonchev–Trinajstić information content (AvgIpc) is 2.78. The van der Waals surface area contributed by atoms with Crippen LogP contribution in [0.5, 0.6) is 5.75 Å². The number of anilines is 1. The molecule has 0 aliphatic heterocycles.